The molecule has 0 spiro atoms. The van der Waals surface area contributed by atoms with Gasteiger partial charge in [-0.15, -0.1) is 0 Å². The molecule has 7 heteroatoms. The summed E-state index contributed by atoms with van der Waals surface area (Å²) in [6.07, 6.45) is -4.42. The van der Waals surface area contributed by atoms with Crippen molar-refractivity contribution in [1.82, 2.24) is 5.43 Å². The third-order valence-corrected chi connectivity index (χ3v) is 1.65. The lowest BCUT2D eigenvalue weighted by Gasteiger charge is -2.14. The standard InChI is InChI=1S/C8H8F3N3S/c9-8(10,11)5-3-1-2-4-6(5)13-14-7(12)15/h1-4,13H,(H3,12,14,15). The highest BCUT2D eigenvalue weighted by atomic mass is 32.1. The van der Waals surface area contributed by atoms with Crippen molar-refractivity contribution in [1.29, 1.82) is 0 Å². The molecule has 0 aliphatic carbocycles. The van der Waals surface area contributed by atoms with E-state index in [0.29, 0.717) is 0 Å². The van der Waals surface area contributed by atoms with E-state index < -0.39 is 11.7 Å². The maximum atomic E-state index is 12.4. The molecule has 0 radical (unpaired) electrons. The number of hydrazine groups is 1. The third kappa shape index (κ3) is 3.28. The number of hydrogen-bond donors (Lipinski definition) is 3. The zero-order valence-electron chi connectivity index (χ0n) is 7.43. The van der Waals surface area contributed by atoms with Crippen molar-refractivity contribution in [2.24, 2.45) is 5.73 Å². The molecule has 0 aliphatic rings. The van der Waals surface area contributed by atoms with Crippen molar-refractivity contribution in [3.8, 4) is 0 Å². The SMILES string of the molecule is NC(=S)NNc1ccccc1C(F)(F)F. The first-order valence-corrected chi connectivity index (χ1v) is 4.30. The molecule has 0 aromatic heterocycles. The lowest BCUT2D eigenvalue weighted by Crippen LogP contribution is -2.34. The molecule has 15 heavy (non-hydrogen) atoms. The first-order valence-electron chi connectivity index (χ1n) is 3.89. The molecule has 0 atom stereocenters. The molecule has 1 rings (SSSR count). The minimum absolute atomic E-state index is 0.127. The Labute approximate surface area is 89.4 Å². The van der Waals surface area contributed by atoms with Crippen LogP contribution in [0.25, 0.3) is 0 Å². The van der Waals surface area contributed by atoms with Gasteiger partial charge in [-0.3, -0.25) is 10.9 Å². The number of hydrogen-bond acceptors (Lipinski definition) is 2. The summed E-state index contributed by atoms with van der Waals surface area (Å²) in [4.78, 5) is 0. The molecule has 82 valence electrons. The Hall–Kier alpha value is -1.50. The summed E-state index contributed by atoms with van der Waals surface area (Å²) >= 11 is 4.45. The molecule has 0 fully saturated rings. The van der Waals surface area contributed by atoms with Crippen molar-refractivity contribution in [2.45, 2.75) is 6.18 Å². The van der Waals surface area contributed by atoms with Crippen molar-refractivity contribution < 1.29 is 13.2 Å². The van der Waals surface area contributed by atoms with Gasteiger partial charge in [-0.1, -0.05) is 12.1 Å². The maximum absolute atomic E-state index is 12.4. The topological polar surface area (TPSA) is 50.1 Å². The summed E-state index contributed by atoms with van der Waals surface area (Å²) < 4.78 is 37.3. The molecule has 4 N–H and O–H groups in total. The van der Waals surface area contributed by atoms with E-state index in [1.165, 1.54) is 18.2 Å². The van der Waals surface area contributed by atoms with Crippen LogP contribution in [0.2, 0.25) is 0 Å². The molecule has 0 unspecified atom stereocenters. The fraction of sp³-hybridized carbons (Fsp3) is 0.125. The Kier molecular flexibility index (Phi) is 3.35. The van der Waals surface area contributed by atoms with E-state index in [1.54, 1.807) is 0 Å². The minimum Gasteiger partial charge on any atom is -0.375 e. The highest BCUT2D eigenvalue weighted by molar-refractivity contribution is 7.80. The molecule has 3 nitrogen and oxygen atoms in total. The van der Waals surface area contributed by atoms with Gasteiger partial charge in [0.2, 0.25) is 0 Å². The fourth-order valence-corrected chi connectivity index (χ4v) is 1.02. The van der Waals surface area contributed by atoms with Gasteiger partial charge in [0.25, 0.3) is 0 Å². The Balaban J connectivity index is 2.92. The summed E-state index contributed by atoms with van der Waals surface area (Å²) in [6.45, 7) is 0. The highest BCUT2D eigenvalue weighted by Gasteiger charge is 2.33. The van der Waals surface area contributed by atoms with Gasteiger partial charge in [0.1, 0.15) is 0 Å². The smallest absolute Gasteiger partial charge is 0.375 e. The summed E-state index contributed by atoms with van der Waals surface area (Å²) in [5.74, 6) is 0. The van der Waals surface area contributed by atoms with E-state index in [2.05, 4.69) is 23.1 Å². The van der Waals surface area contributed by atoms with E-state index >= 15 is 0 Å². The van der Waals surface area contributed by atoms with Gasteiger partial charge in [0.05, 0.1) is 11.3 Å². The summed E-state index contributed by atoms with van der Waals surface area (Å²) in [5, 5.41) is -0.132. The van der Waals surface area contributed by atoms with Crippen LogP contribution in [-0.4, -0.2) is 5.11 Å². The molecule has 0 bridgehead atoms. The quantitative estimate of drug-likeness (QED) is 0.541. The molecule has 0 amide bonds. The Morgan fingerprint density at radius 2 is 1.87 bits per heavy atom. The van der Waals surface area contributed by atoms with Crippen LogP contribution in [0.3, 0.4) is 0 Å². The van der Waals surface area contributed by atoms with E-state index in [9.17, 15) is 13.2 Å². The second-order valence-corrected chi connectivity index (χ2v) is 3.10. The summed E-state index contributed by atoms with van der Waals surface area (Å²) in [5.41, 5.74) is 8.68. The summed E-state index contributed by atoms with van der Waals surface area (Å²) in [7, 11) is 0. The van der Waals surface area contributed by atoms with Crippen LogP contribution >= 0.6 is 12.2 Å². The first-order chi connectivity index (χ1) is 6.91. The van der Waals surface area contributed by atoms with Crippen LogP contribution in [-0.2, 0) is 6.18 Å². The molecular formula is C8H8F3N3S. The van der Waals surface area contributed by atoms with Crippen molar-refractivity contribution in [3.63, 3.8) is 0 Å². The highest BCUT2D eigenvalue weighted by Crippen LogP contribution is 2.34. The maximum Gasteiger partial charge on any atom is 0.418 e. The molecule has 0 saturated heterocycles. The van der Waals surface area contributed by atoms with Crippen LogP contribution < -0.4 is 16.6 Å². The minimum atomic E-state index is -4.42. The van der Waals surface area contributed by atoms with Crippen LogP contribution in [0, 0.1) is 0 Å². The number of benzene rings is 1. The predicted octanol–water partition coefficient (Wildman–Crippen LogP) is 1.87. The number of para-hydroxylation sites is 1. The van der Waals surface area contributed by atoms with Gasteiger partial charge in [-0.25, -0.2) is 0 Å². The average Bonchev–Trinajstić information content (AvgIpc) is 2.13. The number of nitrogens with two attached hydrogens (primary N) is 1. The predicted molar refractivity (Wildman–Crippen MR) is 55.0 cm³/mol. The number of thiocarbonyl (C=S) groups is 1. The second kappa shape index (κ2) is 4.35. The largest absolute Gasteiger partial charge is 0.418 e. The van der Waals surface area contributed by atoms with Gasteiger partial charge >= 0.3 is 6.18 Å². The second-order valence-electron chi connectivity index (χ2n) is 2.66. The van der Waals surface area contributed by atoms with Crippen molar-refractivity contribution in [3.05, 3.63) is 29.8 Å². The lowest BCUT2D eigenvalue weighted by molar-refractivity contribution is -0.137. The first kappa shape index (κ1) is 11.6. The summed E-state index contributed by atoms with van der Waals surface area (Å²) in [6, 6.07) is 5.01. The normalized spacial score (nSPS) is 10.9. The van der Waals surface area contributed by atoms with Gasteiger partial charge in [0, 0.05) is 0 Å². The van der Waals surface area contributed by atoms with E-state index in [0.717, 1.165) is 6.07 Å². The zero-order valence-corrected chi connectivity index (χ0v) is 8.25. The van der Waals surface area contributed by atoms with Crippen molar-refractivity contribution >= 4 is 23.0 Å². The Morgan fingerprint density at radius 1 is 1.27 bits per heavy atom. The molecular weight excluding hydrogens is 227 g/mol. The van der Waals surface area contributed by atoms with Crippen LogP contribution in [0.5, 0.6) is 0 Å². The third-order valence-electron chi connectivity index (χ3n) is 1.55. The number of alkyl halides is 3. The Bertz CT molecular complexity index is 364. The van der Waals surface area contributed by atoms with Crippen LogP contribution in [0.4, 0.5) is 18.9 Å². The zero-order chi connectivity index (χ0) is 11.5. The lowest BCUT2D eigenvalue weighted by atomic mass is 10.2. The number of halogens is 3. The van der Waals surface area contributed by atoms with Gasteiger partial charge in [-0.2, -0.15) is 13.2 Å². The van der Waals surface area contributed by atoms with Crippen LogP contribution in [0.15, 0.2) is 24.3 Å². The van der Waals surface area contributed by atoms with E-state index in [-0.39, 0.29) is 10.8 Å². The molecule has 1 aromatic rings. The van der Waals surface area contributed by atoms with Crippen LogP contribution in [0.1, 0.15) is 5.56 Å². The molecule has 0 heterocycles. The number of nitrogens with one attached hydrogen (secondary N) is 2. The van der Waals surface area contributed by atoms with Crippen molar-refractivity contribution in [2.75, 3.05) is 5.43 Å². The van der Waals surface area contributed by atoms with Gasteiger partial charge in [-0.05, 0) is 24.4 Å². The molecule has 1 aromatic carbocycles. The number of anilines is 1. The monoisotopic (exact) mass is 235 g/mol. The van der Waals surface area contributed by atoms with Gasteiger partial charge in [0.15, 0.2) is 5.11 Å². The average molecular weight is 235 g/mol. The fourth-order valence-electron chi connectivity index (χ4n) is 0.968. The van der Waals surface area contributed by atoms with E-state index in [1.807, 2.05) is 0 Å². The Morgan fingerprint density at radius 3 is 2.40 bits per heavy atom. The number of rotatable bonds is 2. The van der Waals surface area contributed by atoms with Gasteiger partial charge < -0.3 is 5.73 Å². The van der Waals surface area contributed by atoms with E-state index in [4.69, 9.17) is 5.73 Å². The molecule has 0 saturated carbocycles. The molecule has 0 aliphatic heterocycles.